The second-order valence-electron chi connectivity index (χ2n) is 4.20. The maximum Gasteiger partial charge on any atom is 0.0890 e. The van der Waals surface area contributed by atoms with E-state index in [0.29, 0.717) is 24.0 Å². The van der Waals surface area contributed by atoms with Crippen molar-refractivity contribution in [2.24, 2.45) is 11.8 Å². The number of fused-ring (bicyclic) bond motifs is 1. The van der Waals surface area contributed by atoms with Crippen LogP contribution in [-0.2, 0) is 9.47 Å². The zero-order chi connectivity index (χ0) is 9.26. The molecule has 0 aliphatic carbocycles. The summed E-state index contributed by atoms with van der Waals surface area (Å²) in [6, 6.07) is 0. The van der Waals surface area contributed by atoms with Crippen LogP contribution < -0.4 is 0 Å². The van der Waals surface area contributed by atoms with Crippen LogP contribution in [0.15, 0.2) is 0 Å². The lowest BCUT2D eigenvalue weighted by Gasteiger charge is -2.14. The molecule has 1 N–H and O–H groups in total. The van der Waals surface area contributed by atoms with Gasteiger partial charge in [0.15, 0.2) is 0 Å². The van der Waals surface area contributed by atoms with Gasteiger partial charge in [0.2, 0.25) is 0 Å². The van der Waals surface area contributed by atoms with Crippen molar-refractivity contribution >= 4 is 0 Å². The minimum Gasteiger partial charge on any atom is -0.396 e. The second kappa shape index (κ2) is 3.95. The van der Waals surface area contributed by atoms with Gasteiger partial charge in [-0.2, -0.15) is 0 Å². The maximum absolute atomic E-state index is 8.74. The topological polar surface area (TPSA) is 38.7 Å². The summed E-state index contributed by atoms with van der Waals surface area (Å²) >= 11 is 0. The second-order valence-corrected chi connectivity index (χ2v) is 4.20. The molecule has 0 aromatic heterocycles. The average molecular weight is 186 g/mol. The SMILES string of the molecule is CC1CO[C@@H]2C(CCCO)CO[C@H]12. The van der Waals surface area contributed by atoms with E-state index >= 15 is 0 Å². The van der Waals surface area contributed by atoms with Crippen molar-refractivity contribution in [3.05, 3.63) is 0 Å². The number of hydrogen-bond acceptors (Lipinski definition) is 3. The summed E-state index contributed by atoms with van der Waals surface area (Å²) in [5.74, 6) is 1.06. The van der Waals surface area contributed by atoms with E-state index in [2.05, 4.69) is 6.92 Å². The van der Waals surface area contributed by atoms with Crippen LogP contribution in [-0.4, -0.2) is 37.1 Å². The third-order valence-corrected chi connectivity index (χ3v) is 3.14. The van der Waals surface area contributed by atoms with Crippen molar-refractivity contribution < 1.29 is 14.6 Å². The van der Waals surface area contributed by atoms with Gasteiger partial charge in [-0.1, -0.05) is 6.92 Å². The monoisotopic (exact) mass is 186 g/mol. The molecule has 0 aromatic rings. The van der Waals surface area contributed by atoms with E-state index in [1.54, 1.807) is 0 Å². The van der Waals surface area contributed by atoms with E-state index in [1.807, 2.05) is 0 Å². The van der Waals surface area contributed by atoms with Gasteiger partial charge in [-0.3, -0.25) is 0 Å². The van der Waals surface area contributed by atoms with Crippen molar-refractivity contribution in [2.45, 2.75) is 32.0 Å². The Morgan fingerprint density at radius 2 is 2.00 bits per heavy atom. The van der Waals surface area contributed by atoms with Gasteiger partial charge < -0.3 is 14.6 Å². The van der Waals surface area contributed by atoms with E-state index in [-0.39, 0.29) is 6.61 Å². The molecule has 2 saturated heterocycles. The summed E-state index contributed by atoms with van der Waals surface area (Å²) < 4.78 is 11.4. The van der Waals surface area contributed by atoms with Gasteiger partial charge in [0.1, 0.15) is 0 Å². The molecule has 0 aromatic carbocycles. The number of aliphatic hydroxyl groups is 1. The Labute approximate surface area is 79.0 Å². The van der Waals surface area contributed by atoms with Gasteiger partial charge >= 0.3 is 0 Å². The van der Waals surface area contributed by atoms with E-state index in [4.69, 9.17) is 14.6 Å². The Bertz CT molecular complexity index is 172. The Balaban J connectivity index is 1.87. The highest BCUT2D eigenvalue weighted by Crippen LogP contribution is 2.36. The highest BCUT2D eigenvalue weighted by Gasteiger charge is 2.45. The molecule has 3 heteroatoms. The molecule has 76 valence electrons. The van der Waals surface area contributed by atoms with Crippen LogP contribution in [0.5, 0.6) is 0 Å². The molecule has 2 unspecified atom stereocenters. The fourth-order valence-electron chi connectivity index (χ4n) is 2.37. The molecular weight excluding hydrogens is 168 g/mol. The van der Waals surface area contributed by atoms with Crippen molar-refractivity contribution in [2.75, 3.05) is 19.8 Å². The minimum absolute atomic E-state index is 0.281. The Hall–Kier alpha value is -0.120. The normalized spacial score (nSPS) is 43.8. The molecule has 0 radical (unpaired) electrons. The lowest BCUT2D eigenvalue weighted by Crippen LogP contribution is -2.25. The van der Waals surface area contributed by atoms with Crippen molar-refractivity contribution in [1.29, 1.82) is 0 Å². The molecule has 2 aliphatic rings. The maximum atomic E-state index is 8.74. The van der Waals surface area contributed by atoms with Crippen molar-refractivity contribution in [3.8, 4) is 0 Å². The molecule has 2 heterocycles. The number of hydrogen-bond donors (Lipinski definition) is 1. The summed E-state index contributed by atoms with van der Waals surface area (Å²) in [6.45, 7) is 4.12. The van der Waals surface area contributed by atoms with Crippen LogP contribution >= 0.6 is 0 Å². The predicted molar refractivity (Wildman–Crippen MR) is 48.5 cm³/mol. The van der Waals surface area contributed by atoms with E-state index in [9.17, 15) is 0 Å². The number of aliphatic hydroxyl groups excluding tert-OH is 1. The molecule has 4 atom stereocenters. The molecule has 2 aliphatic heterocycles. The van der Waals surface area contributed by atoms with Crippen LogP contribution in [0.4, 0.5) is 0 Å². The smallest absolute Gasteiger partial charge is 0.0890 e. The quantitative estimate of drug-likeness (QED) is 0.709. The van der Waals surface area contributed by atoms with E-state index < -0.39 is 0 Å². The first-order valence-electron chi connectivity index (χ1n) is 5.17. The summed E-state index contributed by atoms with van der Waals surface area (Å²) in [7, 11) is 0. The summed E-state index contributed by atoms with van der Waals surface area (Å²) in [5, 5.41) is 8.74. The molecule has 0 spiro atoms. The fraction of sp³-hybridized carbons (Fsp3) is 1.00. The summed E-state index contributed by atoms with van der Waals surface area (Å²) in [6.07, 6.45) is 2.53. The van der Waals surface area contributed by atoms with Crippen LogP contribution in [0.25, 0.3) is 0 Å². The fourth-order valence-corrected chi connectivity index (χ4v) is 2.37. The van der Waals surface area contributed by atoms with Crippen LogP contribution in [0.2, 0.25) is 0 Å². The van der Waals surface area contributed by atoms with Crippen LogP contribution in [0.3, 0.4) is 0 Å². The van der Waals surface area contributed by atoms with Crippen LogP contribution in [0.1, 0.15) is 19.8 Å². The Morgan fingerprint density at radius 1 is 1.23 bits per heavy atom. The zero-order valence-electron chi connectivity index (χ0n) is 8.11. The molecule has 3 nitrogen and oxygen atoms in total. The molecular formula is C10H18O3. The number of rotatable bonds is 3. The average Bonchev–Trinajstić information content (AvgIpc) is 2.67. The molecule has 0 bridgehead atoms. The van der Waals surface area contributed by atoms with Crippen LogP contribution in [0, 0.1) is 11.8 Å². The first kappa shape index (κ1) is 9.44. The van der Waals surface area contributed by atoms with Gasteiger partial charge in [-0.25, -0.2) is 0 Å². The third-order valence-electron chi connectivity index (χ3n) is 3.14. The molecule has 13 heavy (non-hydrogen) atoms. The third kappa shape index (κ3) is 1.73. The standard InChI is InChI=1S/C10H18O3/c1-7-5-12-10-8(3-2-4-11)6-13-9(7)10/h7-11H,2-6H2,1H3/t7?,8?,9-,10-/m1/s1. The lowest BCUT2D eigenvalue weighted by molar-refractivity contribution is 0.0597. The minimum atomic E-state index is 0.281. The molecule has 2 rings (SSSR count). The van der Waals surface area contributed by atoms with Gasteiger partial charge in [-0.15, -0.1) is 0 Å². The summed E-state index contributed by atoms with van der Waals surface area (Å²) in [5.41, 5.74) is 0. The van der Waals surface area contributed by atoms with Crippen molar-refractivity contribution in [1.82, 2.24) is 0 Å². The highest BCUT2D eigenvalue weighted by atomic mass is 16.6. The van der Waals surface area contributed by atoms with Gasteiger partial charge in [-0.05, 0) is 12.8 Å². The number of ether oxygens (including phenoxy) is 2. The zero-order valence-corrected chi connectivity index (χ0v) is 8.11. The molecule has 0 amide bonds. The Kier molecular flexibility index (Phi) is 2.86. The highest BCUT2D eigenvalue weighted by molar-refractivity contribution is 4.92. The Morgan fingerprint density at radius 3 is 2.77 bits per heavy atom. The largest absolute Gasteiger partial charge is 0.396 e. The van der Waals surface area contributed by atoms with E-state index in [0.717, 1.165) is 26.1 Å². The summed E-state index contributed by atoms with van der Waals surface area (Å²) in [4.78, 5) is 0. The lowest BCUT2D eigenvalue weighted by atomic mass is 9.94. The first-order valence-corrected chi connectivity index (χ1v) is 5.17. The van der Waals surface area contributed by atoms with Gasteiger partial charge in [0.05, 0.1) is 25.4 Å². The van der Waals surface area contributed by atoms with E-state index in [1.165, 1.54) is 0 Å². The first-order chi connectivity index (χ1) is 6.33. The van der Waals surface area contributed by atoms with Gasteiger partial charge in [0, 0.05) is 18.4 Å². The molecule has 0 saturated carbocycles. The van der Waals surface area contributed by atoms with Crippen molar-refractivity contribution in [3.63, 3.8) is 0 Å². The van der Waals surface area contributed by atoms with Gasteiger partial charge in [0.25, 0.3) is 0 Å². The molecule has 2 fully saturated rings. The predicted octanol–water partition coefficient (Wildman–Crippen LogP) is 0.809.